The fraction of sp³-hybridized carbons (Fsp3) is 0.562. The third-order valence-corrected chi connectivity index (χ3v) is 4.15. The molecule has 1 aliphatic rings. The van der Waals surface area contributed by atoms with Crippen LogP contribution in [0.2, 0.25) is 0 Å². The number of halogens is 3. The molecule has 128 valence electrons. The zero-order chi connectivity index (χ0) is 17.1. The molecule has 0 unspecified atom stereocenters. The number of aromatic carboxylic acids is 1. The normalized spacial score (nSPS) is 17.6. The Balaban J connectivity index is 2.36. The first kappa shape index (κ1) is 17.4. The summed E-state index contributed by atoms with van der Waals surface area (Å²) in [5.74, 6) is -1.92. The van der Waals surface area contributed by atoms with Crippen molar-refractivity contribution in [3.05, 3.63) is 23.8 Å². The molecule has 1 aromatic carbocycles. The lowest BCUT2D eigenvalue weighted by Gasteiger charge is -2.37. The molecule has 2 rings (SSSR count). The van der Waals surface area contributed by atoms with Crippen LogP contribution in [0.25, 0.3) is 0 Å². The van der Waals surface area contributed by atoms with Crippen molar-refractivity contribution in [1.82, 2.24) is 0 Å². The molecule has 0 radical (unpaired) electrons. The molecule has 23 heavy (non-hydrogen) atoms. The quantitative estimate of drug-likeness (QED) is 0.843. The van der Waals surface area contributed by atoms with E-state index in [1.165, 1.54) is 0 Å². The molecule has 0 aliphatic heterocycles. The zero-order valence-corrected chi connectivity index (χ0v) is 12.8. The van der Waals surface area contributed by atoms with Gasteiger partial charge in [-0.1, -0.05) is 13.3 Å². The molecule has 0 aromatic heterocycles. The van der Waals surface area contributed by atoms with E-state index in [0.717, 1.165) is 50.3 Å². The van der Waals surface area contributed by atoms with Crippen LogP contribution in [-0.4, -0.2) is 23.0 Å². The second kappa shape index (κ2) is 6.68. The van der Waals surface area contributed by atoms with Crippen molar-refractivity contribution in [3.63, 3.8) is 0 Å². The Kier molecular flexibility index (Phi) is 5.06. The summed E-state index contributed by atoms with van der Waals surface area (Å²) >= 11 is 0. The highest BCUT2D eigenvalue weighted by atomic mass is 19.4. The Hall–Kier alpha value is -1.92. The number of rotatable bonds is 5. The lowest BCUT2D eigenvalue weighted by molar-refractivity contribution is -0.275. The Labute approximate surface area is 132 Å². The van der Waals surface area contributed by atoms with Gasteiger partial charge in [0.2, 0.25) is 0 Å². The first-order valence-electron chi connectivity index (χ1n) is 7.57. The highest BCUT2D eigenvalue weighted by molar-refractivity contribution is 5.88. The van der Waals surface area contributed by atoms with E-state index in [-0.39, 0.29) is 11.3 Å². The molecule has 0 bridgehead atoms. The standard InChI is InChI=1S/C16H19F3O4/c1-2-15(8-4-3-5-9-15)22-13-10-11(14(20)21)6-7-12(13)23-16(17,18)19/h6-7,10H,2-5,8-9H2,1H3,(H,20,21). The summed E-state index contributed by atoms with van der Waals surface area (Å²) in [5, 5.41) is 9.04. The average Bonchev–Trinajstić information content (AvgIpc) is 2.48. The van der Waals surface area contributed by atoms with Crippen LogP contribution in [0.3, 0.4) is 0 Å². The van der Waals surface area contributed by atoms with Crippen molar-refractivity contribution < 1.29 is 32.5 Å². The Morgan fingerprint density at radius 2 is 1.87 bits per heavy atom. The van der Waals surface area contributed by atoms with E-state index in [0.29, 0.717) is 6.42 Å². The number of alkyl halides is 3. The second-order valence-electron chi connectivity index (χ2n) is 5.71. The number of benzene rings is 1. The molecule has 0 saturated heterocycles. The summed E-state index contributed by atoms with van der Waals surface area (Å²) < 4.78 is 47.5. The summed E-state index contributed by atoms with van der Waals surface area (Å²) in [4.78, 5) is 11.1. The number of hydrogen-bond donors (Lipinski definition) is 1. The maximum atomic E-state index is 12.5. The third-order valence-electron chi connectivity index (χ3n) is 4.15. The SMILES string of the molecule is CCC1(Oc2cc(C(=O)O)ccc2OC(F)(F)F)CCCCC1. The van der Waals surface area contributed by atoms with Crippen LogP contribution in [0, 0.1) is 0 Å². The van der Waals surface area contributed by atoms with Crippen molar-refractivity contribution in [2.45, 2.75) is 57.4 Å². The van der Waals surface area contributed by atoms with E-state index in [4.69, 9.17) is 9.84 Å². The fourth-order valence-corrected chi connectivity index (χ4v) is 2.89. The van der Waals surface area contributed by atoms with E-state index in [9.17, 15) is 18.0 Å². The smallest absolute Gasteiger partial charge is 0.483 e. The summed E-state index contributed by atoms with van der Waals surface area (Å²) in [5.41, 5.74) is -0.712. The first-order chi connectivity index (χ1) is 10.7. The van der Waals surface area contributed by atoms with Crippen LogP contribution < -0.4 is 9.47 Å². The molecule has 7 heteroatoms. The minimum absolute atomic E-state index is 0.142. The minimum Gasteiger partial charge on any atom is -0.483 e. The number of carboxylic acid groups (broad SMARTS) is 1. The number of carboxylic acids is 1. The van der Waals surface area contributed by atoms with Gasteiger partial charge in [0.15, 0.2) is 11.5 Å². The van der Waals surface area contributed by atoms with Crippen LogP contribution >= 0.6 is 0 Å². The Morgan fingerprint density at radius 1 is 1.22 bits per heavy atom. The van der Waals surface area contributed by atoms with Gasteiger partial charge in [0.05, 0.1) is 5.56 Å². The van der Waals surface area contributed by atoms with Gasteiger partial charge in [0.25, 0.3) is 0 Å². The monoisotopic (exact) mass is 332 g/mol. The number of ether oxygens (including phenoxy) is 2. The second-order valence-corrected chi connectivity index (χ2v) is 5.71. The van der Waals surface area contributed by atoms with Gasteiger partial charge in [0, 0.05) is 0 Å². The van der Waals surface area contributed by atoms with Crippen molar-refractivity contribution in [2.24, 2.45) is 0 Å². The van der Waals surface area contributed by atoms with E-state index in [1.807, 2.05) is 6.92 Å². The minimum atomic E-state index is -4.87. The van der Waals surface area contributed by atoms with Gasteiger partial charge in [-0.05, 0) is 50.3 Å². The Bertz CT molecular complexity index is 563. The van der Waals surface area contributed by atoms with Crippen LogP contribution in [0.4, 0.5) is 13.2 Å². The lowest BCUT2D eigenvalue weighted by Crippen LogP contribution is -2.37. The van der Waals surface area contributed by atoms with Crippen LogP contribution in [0.1, 0.15) is 55.8 Å². The van der Waals surface area contributed by atoms with Gasteiger partial charge < -0.3 is 14.6 Å². The molecule has 0 heterocycles. The van der Waals surface area contributed by atoms with E-state index in [2.05, 4.69) is 4.74 Å². The highest BCUT2D eigenvalue weighted by Crippen LogP contribution is 2.40. The van der Waals surface area contributed by atoms with E-state index >= 15 is 0 Å². The van der Waals surface area contributed by atoms with Crippen LogP contribution in [0.5, 0.6) is 11.5 Å². The maximum Gasteiger partial charge on any atom is 0.573 e. The van der Waals surface area contributed by atoms with Gasteiger partial charge in [-0.2, -0.15) is 0 Å². The molecular formula is C16H19F3O4. The van der Waals surface area contributed by atoms with Gasteiger partial charge >= 0.3 is 12.3 Å². The average molecular weight is 332 g/mol. The summed E-state index contributed by atoms with van der Waals surface area (Å²) in [7, 11) is 0. The molecule has 4 nitrogen and oxygen atoms in total. The van der Waals surface area contributed by atoms with E-state index in [1.54, 1.807) is 0 Å². The van der Waals surface area contributed by atoms with Crippen molar-refractivity contribution in [1.29, 1.82) is 0 Å². The molecule has 0 atom stereocenters. The predicted molar refractivity (Wildman–Crippen MR) is 76.8 cm³/mol. The molecule has 1 N–H and O–H groups in total. The first-order valence-corrected chi connectivity index (χ1v) is 7.57. The van der Waals surface area contributed by atoms with E-state index < -0.39 is 23.7 Å². The molecule has 1 saturated carbocycles. The third kappa shape index (κ3) is 4.53. The van der Waals surface area contributed by atoms with Gasteiger partial charge in [-0.15, -0.1) is 13.2 Å². The predicted octanol–water partition coefficient (Wildman–Crippen LogP) is 4.78. The van der Waals surface area contributed by atoms with Gasteiger partial charge in [0.1, 0.15) is 5.60 Å². The van der Waals surface area contributed by atoms with Crippen LogP contribution in [0.15, 0.2) is 18.2 Å². The number of hydrogen-bond acceptors (Lipinski definition) is 3. The molecule has 0 amide bonds. The summed E-state index contributed by atoms with van der Waals surface area (Å²) in [6, 6.07) is 3.14. The Morgan fingerprint density at radius 3 is 2.39 bits per heavy atom. The lowest BCUT2D eigenvalue weighted by atomic mass is 9.82. The van der Waals surface area contributed by atoms with Crippen molar-refractivity contribution >= 4 is 5.97 Å². The summed E-state index contributed by atoms with van der Waals surface area (Å²) in [6.45, 7) is 1.91. The molecule has 1 aromatic rings. The topological polar surface area (TPSA) is 55.8 Å². The highest BCUT2D eigenvalue weighted by Gasteiger charge is 2.36. The largest absolute Gasteiger partial charge is 0.573 e. The maximum absolute atomic E-state index is 12.5. The van der Waals surface area contributed by atoms with Crippen molar-refractivity contribution in [3.8, 4) is 11.5 Å². The van der Waals surface area contributed by atoms with Gasteiger partial charge in [-0.3, -0.25) is 0 Å². The molecular weight excluding hydrogens is 313 g/mol. The van der Waals surface area contributed by atoms with Crippen LogP contribution in [-0.2, 0) is 0 Å². The number of carbonyl (C=O) groups is 1. The van der Waals surface area contributed by atoms with Gasteiger partial charge in [-0.25, -0.2) is 4.79 Å². The van der Waals surface area contributed by atoms with Crippen molar-refractivity contribution in [2.75, 3.05) is 0 Å². The summed E-state index contributed by atoms with van der Waals surface area (Å²) in [6.07, 6.45) is 0.152. The zero-order valence-electron chi connectivity index (χ0n) is 12.8. The molecule has 1 fully saturated rings. The molecule has 0 spiro atoms. The fourth-order valence-electron chi connectivity index (χ4n) is 2.89. The molecule has 1 aliphatic carbocycles.